The van der Waals surface area contributed by atoms with Crippen LogP contribution in [-0.4, -0.2) is 31.3 Å². The van der Waals surface area contributed by atoms with E-state index in [4.69, 9.17) is 4.74 Å². The molecule has 0 radical (unpaired) electrons. The predicted molar refractivity (Wildman–Crippen MR) is 101 cm³/mol. The van der Waals surface area contributed by atoms with Crippen LogP contribution in [0.25, 0.3) is 10.8 Å². The average Bonchev–Trinajstić information content (AvgIpc) is 2.72. The summed E-state index contributed by atoms with van der Waals surface area (Å²) >= 11 is 0. The van der Waals surface area contributed by atoms with Crippen molar-refractivity contribution in [3.8, 4) is 5.75 Å². The molecule has 0 aliphatic carbocycles. The molecule has 3 aromatic carbocycles. The smallest absolute Gasteiger partial charge is 0.337 e. The minimum atomic E-state index is -0.519. The predicted octanol–water partition coefficient (Wildman–Crippen LogP) is 3.60. The molecule has 0 fully saturated rings. The minimum Gasteiger partial charge on any atom is -0.494 e. The summed E-state index contributed by atoms with van der Waals surface area (Å²) in [7, 11) is 2.80. The van der Waals surface area contributed by atoms with Crippen molar-refractivity contribution in [3.63, 3.8) is 0 Å². The first-order valence-electron chi connectivity index (χ1n) is 8.30. The highest BCUT2D eigenvalue weighted by atomic mass is 16.5. The topological polar surface area (TPSA) is 76.1 Å². The van der Waals surface area contributed by atoms with Crippen molar-refractivity contribution in [1.29, 1.82) is 0 Å². The van der Waals surface area contributed by atoms with Gasteiger partial charge in [0, 0.05) is 5.39 Å². The number of carbonyl (C=O) groups excluding carboxylic acids is 2. The molecular formula is C21H19NO5. The Morgan fingerprint density at radius 1 is 0.963 bits per heavy atom. The molecular weight excluding hydrogens is 346 g/mol. The number of esters is 1. The zero-order valence-corrected chi connectivity index (χ0v) is 15.0. The Kier molecular flexibility index (Phi) is 5.38. The second-order valence-corrected chi connectivity index (χ2v) is 5.91. The molecule has 0 heterocycles. The minimum absolute atomic E-state index is 0.0338. The van der Waals surface area contributed by atoms with E-state index in [9.17, 15) is 14.8 Å². The van der Waals surface area contributed by atoms with E-state index in [1.165, 1.54) is 14.2 Å². The van der Waals surface area contributed by atoms with Crippen LogP contribution >= 0.6 is 0 Å². The second-order valence-electron chi connectivity index (χ2n) is 5.91. The lowest BCUT2D eigenvalue weighted by molar-refractivity contribution is -0.123. The molecule has 0 bridgehead atoms. The quantitative estimate of drug-likeness (QED) is 0.425. The van der Waals surface area contributed by atoms with Gasteiger partial charge in [-0.1, -0.05) is 42.5 Å². The summed E-state index contributed by atoms with van der Waals surface area (Å²) in [4.78, 5) is 24.0. The highest BCUT2D eigenvalue weighted by Crippen LogP contribution is 2.35. The van der Waals surface area contributed by atoms with Gasteiger partial charge in [0.2, 0.25) is 0 Å². The molecule has 27 heavy (non-hydrogen) atoms. The summed E-state index contributed by atoms with van der Waals surface area (Å²) in [6, 6.07) is 17.5. The number of rotatable bonds is 5. The molecule has 0 spiro atoms. The van der Waals surface area contributed by atoms with Gasteiger partial charge in [0.1, 0.15) is 5.69 Å². The number of benzene rings is 3. The normalized spacial score (nSPS) is 10.5. The van der Waals surface area contributed by atoms with Gasteiger partial charge < -0.3 is 9.47 Å². The highest BCUT2D eigenvalue weighted by molar-refractivity contribution is 6.00. The van der Waals surface area contributed by atoms with Crippen molar-refractivity contribution in [3.05, 3.63) is 71.8 Å². The van der Waals surface area contributed by atoms with Crippen LogP contribution in [0.2, 0.25) is 0 Å². The number of carbonyl (C=O) groups is 2. The van der Waals surface area contributed by atoms with Crippen molar-refractivity contribution in [1.82, 2.24) is 0 Å². The summed E-state index contributed by atoms with van der Waals surface area (Å²) in [6.07, 6.45) is -0.0338. The number of nitrogens with zero attached hydrogens (tertiary/aromatic N) is 1. The van der Waals surface area contributed by atoms with Crippen LogP contribution in [0, 0.1) is 0 Å². The van der Waals surface area contributed by atoms with E-state index >= 15 is 0 Å². The van der Waals surface area contributed by atoms with Crippen LogP contribution in [-0.2, 0) is 16.0 Å². The summed E-state index contributed by atoms with van der Waals surface area (Å²) < 4.78 is 10.1. The molecule has 0 aliphatic heterocycles. The van der Waals surface area contributed by atoms with Crippen LogP contribution in [0.15, 0.2) is 60.7 Å². The molecule has 0 saturated carbocycles. The van der Waals surface area contributed by atoms with E-state index in [1.807, 2.05) is 30.3 Å². The van der Waals surface area contributed by atoms with E-state index in [-0.39, 0.29) is 12.1 Å². The summed E-state index contributed by atoms with van der Waals surface area (Å²) in [5.41, 5.74) is 1.32. The fraction of sp³-hybridized carbons (Fsp3) is 0.143. The number of amides is 1. The Morgan fingerprint density at radius 2 is 1.67 bits per heavy atom. The van der Waals surface area contributed by atoms with Gasteiger partial charge in [0.15, 0.2) is 5.75 Å². The Bertz CT molecular complexity index is 982. The SMILES string of the molecule is COC(=O)c1ccc(CC(=O)N(O)c2ccc3ccccc3c2OC)cc1. The van der Waals surface area contributed by atoms with Crippen LogP contribution in [0.1, 0.15) is 15.9 Å². The molecule has 1 N–H and O–H groups in total. The summed E-state index contributed by atoms with van der Waals surface area (Å²) in [6.45, 7) is 0. The largest absolute Gasteiger partial charge is 0.494 e. The van der Waals surface area contributed by atoms with Crippen LogP contribution < -0.4 is 9.80 Å². The molecule has 1 amide bonds. The van der Waals surface area contributed by atoms with Crippen LogP contribution in [0.3, 0.4) is 0 Å². The lowest BCUT2D eigenvalue weighted by Crippen LogP contribution is -2.29. The number of fused-ring (bicyclic) bond motifs is 1. The van der Waals surface area contributed by atoms with Gasteiger partial charge in [-0.15, -0.1) is 0 Å². The van der Waals surface area contributed by atoms with Crippen molar-refractivity contribution < 1.29 is 24.3 Å². The maximum Gasteiger partial charge on any atom is 0.337 e. The van der Waals surface area contributed by atoms with Gasteiger partial charge in [-0.2, -0.15) is 5.06 Å². The average molecular weight is 365 g/mol. The molecule has 3 aromatic rings. The molecule has 138 valence electrons. The van der Waals surface area contributed by atoms with Gasteiger partial charge in [-0.25, -0.2) is 4.79 Å². The van der Waals surface area contributed by atoms with E-state index in [0.717, 1.165) is 10.8 Å². The summed E-state index contributed by atoms with van der Waals surface area (Å²) in [5, 5.41) is 12.8. The van der Waals surface area contributed by atoms with E-state index in [2.05, 4.69) is 4.74 Å². The molecule has 0 unspecified atom stereocenters. The van der Waals surface area contributed by atoms with Gasteiger partial charge in [0.25, 0.3) is 5.91 Å². The van der Waals surface area contributed by atoms with E-state index in [0.29, 0.717) is 21.9 Å². The maximum absolute atomic E-state index is 12.5. The van der Waals surface area contributed by atoms with Crippen molar-refractivity contribution in [2.45, 2.75) is 6.42 Å². The molecule has 0 saturated heterocycles. The first kappa shape index (κ1) is 18.4. The van der Waals surface area contributed by atoms with Crippen LogP contribution in [0.4, 0.5) is 5.69 Å². The number of anilines is 1. The first-order chi connectivity index (χ1) is 13.0. The molecule has 0 aromatic heterocycles. The number of methoxy groups -OCH3 is 2. The Morgan fingerprint density at radius 3 is 2.33 bits per heavy atom. The number of hydrogen-bond acceptors (Lipinski definition) is 5. The Labute approximate surface area is 156 Å². The third-order valence-corrected chi connectivity index (χ3v) is 4.26. The van der Waals surface area contributed by atoms with Gasteiger partial charge >= 0.3 is 5.97 Å². The van der Waals surface area contributed by atoms with Gasteiger partial charge in [-0.05, 0) is 29.1 Å². The van der Waals surface area contributed by atoms with Crippen molar-refractivity contribution in [2.24, 2.45) is 0 Å². The zero-order valence-electron chi connectivity index (χ0n) is 15.0. The molecule has 0 atom stereocenters. The number of ether oxygens (including phenoxy) is 2. The second kappa shape index (κ2) is 7.88. The third kappa shape index (κ3) is 3.75. The lowest BCUT2D eigenvalue weighted by Gasteiger charge is -2.19. The first-order valence-corrected chi connectivity index (χ1v) is 8.30. The van der Waals surface area contributed by atoms with Gasteiger partial charge in [0.05, 0.1) is 26.2 Å². The van der Waals surface area contributed by atoms with Gasteiger partial charge in [-0.3, -0.25) is 10.0 Å². The van der Waals surface area contributed by atoms with Crippen molar-refractivity contribution >= 4 is 28.3 Å². The molecule has 6 heteroatoms. The molecule has 3 rings (SSSR count). The highest BCUT2D eigenvalue weighted by Gasteiger charge is 2.20. The fourth-order valence-electron chi connectivity index (χ4n) is 2.87. The molecule has 6 nitrogen and oxygen atoms in total. The molecule has 0 aliphatic rings. The lowest BCUT2D eigenvalue weighted by atomic mass is 10.1. The number of hydrogen-bond donors (Lipinski definition) is 1. The number of hydroxylamine groups is 1. The maximum atomic E-state index is 12.5. The standard InChI is InChI=1S/C21H19NO5/c1-26-20-17-6-4-3-5-15(17)11-12-18(20)22(25)19(23)13-14-7-9-16(10-8-14)21(24)27-2/h3-12,25H,13H2,1-2H3. The fourth-order valence-corrected chi connectivity index (χ4v) is 2.87. The van der Waals surface area contributed by atoms with Crippen LogP contribution in [0.5, 0.6) is 5.75 Å². The Hall–Kier alpha value is -3.38. The Balaban J connectivity index is 1.83. The van der Waals surface area contributed by atoms with E-state index < -0.39 is 11.9 Å². The zero-order chi connectivity index (χ0) is 19.4. The monoisotopic (exact) mass is 365 g/mol. The summed E-state index contributed by atoms with van der Waals surface area (Å²) in [5.74, 6) is -0.544. The van der Waals surface area contributed by atoms with E-state index in [1.54, 1.807) is 30.3 Å². The third-order valence-electron chi connectivity index (χ3n) is 4.26. The van der Waals surface area contributed by atoms with Crippen molar-refractivity contribution in [2.75, 3.05) is 19.3 Å².